The zero-order valence-electron chi connectivity index (χ0n) is 12.7. The van der Waals surface area contributed by atoms with Crippen molar-refractivity contribution in [3.8, 4) is 11.3 Å². The predicted molar refractivity (Wildman–Crippen MR) is 91.2 cm³/mol. The number of ether oxygens (including phenoxy) is 1. The molecule has 1 aromatic carbocycles. The van der Waals surface area contributed by atoms with E-state index in [0.717, 1.165) is 16.9 Å². The molecular weight excluding hydrogens is 326 g/mol. The van der Waals surface area contributed by atoms with E-state index in [1.54, 1.807) is 24.5 Å². The fourth-order valence-corrected chi connectivity index (χ4v) is 3.03. The minimum absolute atomic E-state index is 0.174. The first kappa shape index (κ1) is 15.8. The van der Waals surface area contributed by atoms with Gasteiger partial charge in [0.2, 0.25) is 5.78 Å². The van der Waals surface area contributed by atoms with Gasteiger partial charge in [-0.2, -0.15) is 0 Å². The van der Waals surface area contributed by atoms with Crippen LogP contribution >= 0.6 is 11.3 Å². The third-order valence-corrected chi connectivity index (χ3v) is 4.19. The molecule has 6 nitrogen and oxygen atoms in total. The van der Waals surface area contributed by atoms with Crippen molar-refractivity contribution in [2.24, 2.45) is 0 Å². The molecule has 0 bridgehead atoms. The Bertz CT molecular complexity index is 863. The summed E-state index contributed by atoms with van der Waals surface area (Å²) in [6.07, 6.45) is 2.49. The molecule has 0 radical (unpaired) electrons. The van der Waals surface area contributed by atoms with E-state index in [1.807, 2.05) is 30.3 Å². The van der Waals surface area contributed by atoms with Gasteiger partial charge in [0.05, 0.1) is 12.8 Å². The molecule has 2 aromatic heterocycles. The smallest absolute Gasteiger partial charge is 0.413 e. The first-order valence-electron chi connectivity index (χ1n) is 7.05. The Morgan fingerprint density at radius 3 is 2.46 bits per heavy atom. The molecule has 0 atom stereocenters. The molecule has 0 aliphatic rings. The van der Waals surface area contributed by atoms with Gasteiger partial charge in [0.1, 0.15) is 4.88 Å². The highest BCUT2D eigenvalue weighted by Crippen LogP contribution is 2.32. The van der Waals surface area contributed by atoms with Gasteiger partial charge in [0.25, 0.3) is 0 Å². The Morgan fingerprint density at radius 1 is 1.08 bits per heavy atom. The maximum Gasteiger partial charge on any atom is 0.413 e. The van der Waals surface area contributed by atoms with Crippen molar-refractivity contribution in [2.75, 3.05) is 12.4 Å². The molecule has 0 aliphatic carbocycles. The van der Waals surface area contributed by atoms with E-state index in [0.29, 0.717) is 21.3 Å². The van der Waals surface area contributed by atoms with E-state index in [-0.39, 0.29) is 5.78 Å². The van der Waals surface area contributed by atoms with E-state index in [9.17, 15) is 9.59 Å². The van der Waals surface area contributed by atoms with E-state index in [4.69, 9.17) is 0 Å². The quantitative estimate of drug-likeness (QED) is 0.734. The Morgan fingerprint density at radius 2 is 1.79 bits per heavy atom. The molecule has 1 N–H and O–H groups in total. The molecule has 3 aromatic rings. The normalized spacial score (nSPS) is 10.2. The number of rotatable bonds is 4. The molecule has 1 amide bonds. The SMILES string of the molecule is COC(=O)Nc1nc(-c2ccccc2)c(C(=O)c2ccncc2)s1. The minimum atomic E-state index is -0.633. The average Bonchev–Trinajstić information content (AvgIpc) is 3.06. The van der Waals surface area contributed by atoms with Crippen molar-refractivity contribution >= 4 is 28.3 Å². The molecule has 0 saturated heterocycles. The minimum Gasteiger partial charge on any atom is -0.453 e. The monoisotopic (exact) mass is 339 g/mol. The number of anilines is 1. The molecule has 120 valence electrons. The predicted octanol–water partition coefficient (Wildman–Crippen LogP) is 3.61. The van der Waals surface area contributed by atoms with Crippen LogP contribution in [0.4, 0.5) is 9.93 Å². The lowest BCUT2D eigenvalue weighted by atomic mass is 10.1. The first-order valence-corrected chi connectivity index (χ1v) is 7.86. The summed E-state index contributed by atoms with van der Waals surface area (Å²) < 4.78 is 4.58. The summed E-state index contributed by atoms with van der Waals surface area (Å²) in [5.41, 5.74) is 1.83. The van der Waals surface area contributed by atoms with E-state index in [2.05, 4.69) is 20.0 Å². The number of thiazole rings is 1. The van der Waals surface area contributed by atoms with Crippen LogP contribution in [-0.2, 0) is 4.74 Å². The van der Waals surface area contributed by atoms with E-state index < -0.39 is 6.09 Å². The van der Waals surface area contributed by atoms with Crippen molar-refractivity contribution in [1.82, 2.24) is 9.97 Å². The number of amides is 1. The van der Waals surface area contributed by atoms with Crippen LogP contribution in [0.25, 0.3) is 11.3 Å². The molecule has 0 unspecified atom stereocenters. The summed E-state index contributed by atoms with van der Waals surface area (Å²) >= 11 is 1.11. The van der Waals surface area contributed by atoms with Crippen molar-refractivity contribution in [3.63, 3.8) is 0 Å². The van der Waals surface area contributed by atoms with Gasteiger partial charge in [-0.25, -0.2) is 9.78 Å². The van der Waals surface area contributed by atoms with Gasteiger partial charge in [-0.3, -0.25) is 15.1 Å². The van der Waals surface area contributed by atoms with Crippen LogP contribution in [0, 0.1) is 0 Å². The van der Waals surface area contributed by atoms with Crippen molar-refractivity contribution in [2.45, 2.75) is 0 Å². The average molecular weight is 339 g/mol. The molecule has 7 heteroatoms. The lowest BCUT2D eigenvalue weighted by Gasteiger charge is -2.01. The maximum atomic E-state index is 12.8. The van der Waals surface area contributed by atoms with Gasteiger partial charge in [0, 0.05) is 23.5 Å². The molecule has 0 fully saturated rings. The number of hydrogen-bond acceptors (Lipinski definition) is 6. The summed E-state index contributed by atoms with van der Waals surface area (Å²) in [6, 6.07) is 12.6. The fraction of sp³-hybridized carbons (Fsp3) is 0.0588. The Labute approximate surface area is 142 Å². The molecule has 0 aliphatic heterocycles. The molecule has 0 saturated carbocycles. The molecule has 3 rings (SSSR count). The number of pyridine rings is 1. The topological polar surface area (TPSA) is 81.2 Å². The number of hydrogen-bond donors (Lipinski definition) is 1. The fourth-order valence-electron chi connectivity index (χ4n) is 2.09. The summed E-state index contributed by atoms with van der Waals surface area (Å²) in [7, 11) is 1.27. The van der Waals surface area contributed by atoms with Gasteiger partial charge < -0.3 is 4.74 Å². The second-order valence-corrected chi connectivity index (χ2v) is 5.74. The lowest BCUT2D eigenvalue weighted by Crippen LogP contribution is -2.10. The Kier molecular flexibility index (Phi) is 4.62. The second-order valence-electron chi connectivity index (χ2n) is 4.74. The number of nitrogens with one attached hydrogen (secondary N) is 1. The third kappa shape index (κ3) is 3.31. The molecule has 0 spiro atoms. The van der Waals surface area contributed by atoms with Gasteiger partial charge in [0.15, 0.2) is 5.13 Å². The Hall–Kier alpha value is -3.06. The number of carbonyl (C=O) groups excluding carboxylic acids is 2. The first-order chi connectivity index (χ1) is 11.7. The highest BCUT2D eigenvalue weighted by molar-refractivity contribution is 7.18. The highest BCUT2D eigenvalue weighted by atomic mass is 32.1. The van der Waals surface area contributed by atoms with Gasteiger partial charge in [-0.05, 0) is 12.1 Å². The molecule has 24 heavy (non-hydrogen) atoms. The number of ketones is 1. The molecule has 2 heterocycles. The summed E-state index contributed by atoms with van der Waals surface area (Å²) in [6.45, 7) is 0. The number of nitrogens with zero attached hydrogens (tertiary/aromatic N) is 2. The number of benzene rings is 1. The van der Waals surface area contributed by atoms with Crippen LogP contribution in [-0.4, -0.2) is 29.0 Å². The van der Waals surface area contributed by atoms with E-state index in [1.165, 1.54) is 7.11 Å². The second kappa shape index (κ2) is 7.01. The summed E-state index contributed by atoms with van der Waals surface area (Å²) in [5.74, 6) is -0.174. The largest absolute Gasteiger partial charge is 0.453 e. The van der Waals surface area contributed by atoms with Crippen LogP contribution in [0.15, 0.2) is 54.9 Å². The number of carbonyl (C=O) groups is 2. The number of aromatic nitrogens is 2. The van der Waals surface area contributed by atoms with Gasteiger partial charge >= 0.3 is 6.09 Å². The summed E-state index contributed by atoms with van der Waals surface area (Å²) in [5, 5.41) is 2.81. The van der Waals surface area contributed by atoms with Crippen LogP contribution < -0.4 is 5.32 Å². The van der Waals surface area contributed by atoms with Crippen molar-refractivity contribution < 1.29 is 14.3 Å². The van der Waals surface area contributed by atoms with Crippen molar-refractivity contribution in [3.05, 3.63) is 65.3 Å². The lowest BCUT2D eigenvalue weighted by molar-refractivity contribution is 0.104. The van der Waals surface area contributed by atoms with Crippen LogP contribution in [0.2, 0.25) is 0 Å². The number of methoxy groups -OCH3 is 1. The van der Waals surface area contributed by atoms with Crippen molar-refractivity contribution in [1.29, 1.82) is 0 Å². The van der Waals surface area contributed by atoms with Gasteiger partial charge in [-0.15, -0.1) is 0 Å². The zero-order chi connectivity index (χ0) is 16.9. The zero-order valence-corrected chi connectivity index (χ0v) is 13.5. The third-order valence-electron chi connectivity index (χ3n) is 3.22. The maximum absolute atomic E-state index is 12.8. The standard InChI is InChI=1S/C17H13N3O3S/c1-23-17(22)20-16-19-13(11-5-3-2-4-6-11)15(24-16)14(21)12-7-9-18-10-8-12/h2-10H,1H3,(H,19,20,22). The van der Waals surface area contributed by atoms with Crippen LogP contribution in [0.3, 0.4) is 0 Å². The van der Waals surface area contributed by atoms with E-state index >= 15 is 0 Å². The Balaban J connectivity index is 2.06. The van der Waals surface area contributed by atoms with Gasteiger partial charge in [-0.1, -0.05) is 41.7 Å². The van der Waals surface area contributed by atoms with Crippen LogP contribution in [0.5, 0.6) is 0 Å². The van der Waals surface area contributed by atoms with Crippen LogP contribution in [0.1, 0.15) is 15.2 Å². The molecular formula is C17H13N3O3S. The highest BCUT2D eigenvalue weighted by Gasteiger charge is 2.21. The summed E-state index contributed by atoms with van der Waals surface area (Å²) in [4.78, 5) is 33.0.